The summed E-state index contributed by atoms with van der Waals surface area (Å²) in [6.45, 7) is 2.00. The van der Waals surface area contributed by atoms with Crippen molar-refractivity contribution in [3.63, 3.8) is 0 Å². The molecule has 0 aliphatic rings. The van der Waals surface area contributed by atoms with Gasteiger partial charge in [-0.2, -0.15) is 0 Å². The van der Waals surface area contributed by atoms with Crippen LogP contribution in [-0.4, -0.2) is 26.2 Å². The van der Waals surface area contributed by atoms with Gasteiger partial charge in [0.1, 0.15) is 0 Å². The molecule has 0 aliphatic carbocycles. The molecule has 0 radical (unpaired) electrons. The van der Waals surface area contributed by atoms with E-state index in [1.54, 1.807) is 12.1 Å². The molecule has 2 rings (SSSR count). The van der Waals surface area contributed by atoms with Crippen LogP contribution in [0, 0.1) is 6.92 Å². The molecule has 0 heterocycles. The highest BCUT2D eigenvalue weighted by Crippen LogP contribution is 2.11. The number of ether oxygens (including phenoxy) is 2. The highest BCUT2D eigenvalue weighted by atomic mass is 16.5. The van der Waals surface area contributed by atoms with Gasteiger partial charge >= 0.3 is 11.9 Å². The predicted octanol–water partition coefficient (Wildman–Crippen LogP) is 2.84. The van der Waals surface area contributed by atoms with Gasteiger partial charge in [-0.1, -0.05) is 30.3 Å². The van der Waals surface area contributed by atoms with Gasteiger partial charge in [0.2, 0.25) is 0 Å². The van der Waals surface area contributed by atoms with Crippen LogP contribution in [0.3, 0.4) is 0 Å². The Balaban J connectivity index is 0.000000255. The highest BCUT2D eigenvalue weighted by molar-refractivity contribution is 6.03. The van der Waals surface area contributed by atoms with E-state index in [1.165, 1.54) is 26.4 Å². The molecule has 0 bridgehead atoms. The zero-order valence-corrected chi connectivity index (χ0v) is 12.8. The number of para-hydroxylation sites is 1. The third kappa shape index (κ3) is 4.63. The summed E-state index contributed by atoms with van der Waals surface area (Å²) in [6, 6.07) is 14.1. The molecule has 0 atom stereocenters. The maximum absolute atomic E-state index is 11.2. The third-order valence-corrected chi connectivity index (χ3v) is 2.93. The number of nitrogens with two attached hydrogens (primary N) is 1. The van der Waals surface area contributed by atoms with E-state index < -0.39 is 11.9 Å². The van der Waals surface area contributed by atoms with Crippen LogP contribution in [0.25, 0.3) is 0 Å². The van der Waals surface area contributed by atoms with E-state index in [2.05, 4.69) is 9.47 Å². The number of rotatable bonds is 2. The first-order chi connectivity index (χ1) is 10.5. The molecule has 0 saturated carbocycles. The lowest BCUT2D eigenvalue weighted by Crippen LogP contribution is -2.11. The summed E-state index contributed by atoms with van der Waals surface area (Å²) in [6.07, 6.45) is 0. The average Bonchev–Trinajstić information content (AvgIpc) is 2.56. The van der Waals surface area contributed by atoms with Crippen LogP contribution in [0.15, 0.2) is 48.5 Å². The summed E-state index contributed by atoms with van der Waals surface area (Å²) in [5.41, 5.74) is 7.95. The van der Waals surface area contributed by atoms with Crippen molar-refractivity contribution in [2.24, 2.45) is 0 Å². The molecule has 2 aromatic rings. The van der Waals surface area contributed by atoms with E-state index in [0.717, 1.165) is 11.3 Å². The number of aryl methyl sites for hydroxylation is 1. The monoisotopic (exact) mass is 301 g/mol. The quantitative estimate of drug-likeness (QED) is 0.681. The van der Waals surface area contributed by atoms with Gasteiger partial charge in [-0.3, -0.25) is 0 Å². The number of hydrogen-bond acceptors (Lipinski definition) is 5. The SMILES string of the molecule is COC(=O)c1ccccc1C(=O)OC.Cc1ccccc1N. The number of benzene rings is 2. The summed E-state index contributed by atoms with van der Waals surface area (Å²) in [7, 11) is 2.52. The van der Waals surface area contributed by atoms with Gasteiger partial charge in [-0.05, 0) is 30.7 Å². The van der Waals surface area contributed by atoms with Gasteiger partial charge in [0, 0.05) is 5.69 Å². The number of anilines is 1. The first-order valence-electron chi connectivity index (χ1n) is 6.58. The second kappa shape index (κ2) is 8.46. The van der Waals surface area contributed by atoms with Gasteiger partial charge in [0.05, 0.1) is 25.3 Å². The van der Waals surface area contributed by atoms with Crippen molar-refractivity contribution in [2.75, 3.05) is 20.0 Å². The highest BCUT2D eigenvalue weighted by Gasteiger charge is 2.16. The fourth-order valence-corrected chi connectivity index (χ4v) is 1.65. The first-order valence-corrected chi connectivity index (χ1v) is 6.58. The van der Waals surface area contributed by atoms with Crippen molar-refractivity contribution in [1.82, 2.24) is 0 Å². The molecule has 2 aromatic carbocycles. The minimum absolute atomic E-state index is 0.210. The Kier molecular flexibility index (Phi) is 6.63. The predicted molar refractivity (Wildman–Crippen MR) is 84.7 cm³/mol. The van der Waals surface area contributed by atoms with E-state index in [0.29, 0.717) is 0 Å². The van der Waals surface area contributed by atoms with Crippen LogP contribution in [0.2, 0.25) is 0 Å². The van der Waals surface area contributed by atoms with Gasteiger partial charge in [-0.25, -0.2) is 9.59 Å². The fourth-order valence-electron chi connectivity index (χ4n) is 1.65. The third-order valence-electron chi connectivity index (χ3n) is 2.93. The van der Waals surface area contributed by atoms with Crippen molar-refractivity contribution < 1.29 is 19.1 Å². The van der Waals surface area contributed by atoms with Crippen molar-refractivity contribution >= 4 is 17.6 Å². The largest absolute Gasteiger partial charge is 0.465 e. The number of carbonyl (C=O) groups is 2. The van der Waals surface area contributed by atoms with Gasteiger partial charge in [-0.15, -0.1) is 0 Å². The van der Waals surface area contributed by atoms with E-state index in [-0.39, 0.29) is 11.1 Å². The lowest BCUT2D eigenvalue weighted by Gasteiger charge is -2.04. The molecule has 5 nitrogen and oxygen atoms in total. The van der Waals surface area contributed by atoms with Crippen molar-refractivity contribution in [3.8, 4) is 0 Å². The molecular formula is C17H19NO4. The Morgan fingerprint density at radius 2 is 1.23 bits per heavy atom. The Bertz CT molecular complexity index is 597. The Hall–Kier alpha value is -2.82. The van der Waals surface area contributed by atoms with Gasteiger partial charge < -0.3 is 15.2 Å². The summed E-state index contributed by atoms with van der Waals surface area (Å²) in [5, 5.41) is 0. The molecule has 116 valence electrons. The minimum Gasteiger partial charge on any atom is -0.465 e. The molecule has 5 heteroatoms. The van der Waals surface area contributed by atoms with Gasteiger partial charge in [0.15, 0.2) is 0 Å². The lowest BCUT2D eigenvalue weighted by atomic mass is 10.1. The lowest BCUT2D eigenvalue weighted by molar-refractivity contribution is 0.0555. The van der Waals surface area contributed by atoms with E-state index in [9.17, 15) is 9.59 Å². The Morgan fingerprint density at radius 3 is 1.55 bits per heavy atom. The molecular weight excluding hydrogens is 282 g/mol. The maximum atomic E-state index is 11.2. The number of hydrogen-bond donors (Lipinski definition) is 1. The molecule has 0 spiro atoms. The number of nitrogen functional groups attached to an aromatic ring is 1. The minimum atomic E-state index is -0.550. The van der Waals surface area contributed by atoms with Crippen molar-refractivity contribution in [1.29, 1.82) is 0 Å². The van der Waals surface area contributed by atoms with Crippen LogP contribution >= 0.6 is 0 Å². The molecule has 0 unspecified atom stereocenters. The second-order valence-electron chi connectivity index (χ2n) is 4.39. The summed E-state index contributed by atoms with van der Waals surface area (Å²) < 4.78 is 9.05. The fraction of sp³-hybridized carbons (Fsp3) is 0.176. The van der Waals surface area contributed by atoms with Crippen molar-refractivity contribution in [3.05, 3.63) is 65.2 Å². The van der Waals surface area contributed by atoms with Gasteiger partial charge in [0.25, 0.3) is 0 Å². The molecule has 0 aliphatic heterocycles. The van der Waals surface area contributed by atoms with Crippen LogP contribution in [0.4, 0.5) is 5.69 Å². The van der Waals surface area contributed by atoms with Crippen LogP contribution in [0.5, 0.6) is 0 Å². The van der Waals surface area contributed by atoms with Crippen LogP contribution in [0.1, 0.15) is 26.3 Å². The molecule has 0 amide bonds. The normalized spacial score (nSPS) is 9.23. The standard InChI is InChI=1S/C10H10O4.C7H9N/c1-13-9(11)7-5-3-4-6-8(7)10(12)14-2;1-6-4-2-3-5-7(6)8/h3-6H,1-2H3;2-5H,8H2,1H3. The zero-order chi connectivity index (χ0) is 16.5. The van der Waals surface area contributed by atoms with Crippen molar-refractivity contribution in [2.45, 2.75) is 6.92 Å². The van der Waals surface area contributed by atoms with E-state index in [4.69, 9.17) is 5.73 Å². The van der Waals surface area contributed by atoms with E-state index in [1.807, 2.05) is 31.2 Å². The summed E-state index contributed by atoms with van der Waals surface area (Å²) in [5.74, 6) is -1.10. The zero-order valence-electron chi connectivity index (χ0n) is 12.8. The van der Waals surface area contributed by atoms with E-state index >= 15 is 0 Å². The average molecular weight is 301 g/mol. The topological polar surface area (TPSA) is 78.6 Å². The first kappa shape index (κ1) is 17.2. The number of esters is 2. The molecule has 22 heavy (non-hydrogen) atoms. The summed E-state index contributed by atoms with van der Waals surface area (Å²) >= 11 is 0. The Labute approximate surface area is 129 Å². The smallest absolute Gasteiger partial charge is 0.338 e. The van der Waals surface area contributed by atoms with Crippen LogP contribution in [-0.2, 0) is 9.47 Å². The number of methoxy groups -OCH3 is 2. The second-order valence-corrected chi connectivity index (χ2v) is 4.39. The summed E-state index contributed by atoms with van der Waals surface area (Å²) in [4.78, 5) is 22.4. The molecule has 2 N–H and O–H groups in total. The number of carbonyl (C=O) groups excluding carboxylic acids is 2. The van der Waals surface area contributed by atoms with Crippen LogP contribution < -0.4 is 5.73 Å². The molecule has 0 fully saturated rings. The molecule has 0 aromatic heterocycles. The Morgan fingerprint density at radius 1 is 0.818 bits per heavy atom. The molecule has 0 saturated heterocycles. The maximum Gasteiger partial charge on any atom is 0.338 e.